The predicted molar refractivity (Wildman–Crippen MR) is 86.3 cm³/mol. The summed E-state index contributed by atoms with van der Waals surface area (Å²) in [5.74, 6) is 5.87. The van der Waals surface area contributed by atoms with E-state index in [1.54, 1.807) is 18.2 Å². The van der Waals surface area contributed by atoms with Crippen molar-refractivity contribution in [2.24, 2.45) is 5.84 Å². The molecule has 106 valence electrons. The maximum absolute atomic E-state index is 13.5. The number of hydrogen-bond acceptors (Lipinski definition) is 3. The Kier molecular flexibility index (Phi) is 5.20. The Morgan fingerprint density at radius 2 is 2.00 bits per heavy atom. The molecule has 0 saturated carbocycles. The van der Waals surface area contributed by atoms with Crippen molar-refractivity contribution >= 4 is 34.2 Å². The Bertz CT molecular complexity index is 624. The molecule has 0 aromatic heterocycles. The van der Waals surface area contributed by atoms with E-state index in [0.717, 1.165) is 9.13 Å². The molecule has 0 aliphatic heterocycles. The minimum Gasteiger partial charge on any atom is -0.496 e. The number of hydrogen-bond donors (Lipinski definition) is 2. The Balaban J connectivity index is 2.57. The maximum atomic E-state index is 13.5. The Morgan fingerprint density at radius 3 is 2.65 bits per heavy atom. The molecule has 6 heteroatoms. The number of halogens is 3. The Morgan fingerprint density at radius 1 is 1.25 bits per heavy atom. The van der Waals surface area contributed by atoms with Crippen LogP contribution in [0.1, 0.15) is 17.2 Å². The van der Waals surface area contributed by atoms with E-state index in [-0.39, 0.29) is 5.82 Å². The SMILES string of the molecule is COc1ccc(F)cc1C(NN)c1cc(Cl)ccc1I. The minimum absolute atomic E-state index is 0.349. The molecule has 0 heterocycles. The molecule has 0 aliphatic carbocycles. The van der Waals surface area contributed by atoms with E-state index in [9.17, 15) is 4.39 Å². The maximum Gasteiger partial charge on any atom is 0.124 e. The van der Waals surface area contributed by atoms with E-state index < -0.39 is 6.04 Å². The van der Waals surface area contributed by atoms with E-state index in [0.29, 0.717) is 16.3 Å². The van der Waals surface area contributed by atoms with Gasteiger partial charge in [-0.15, -0.1) is 0 Å². The summed E-state index contributed by atoms with van der Waals surface area (Å²) in [5, 5.41) is 0.594. The number of ether oxygens (including phenoxy) is 1. The molecule has 0 amide bonds. The molecule has 2 rings (SSSR count). The number of hydrazine groups is 1. The van der Waals surface area contributed by atoms with Crippen LogP contribution in [0, 0.1) is 9.39 Å². The van der Waals surface area contributed by atoms with Gasteiger partial charge >= 0.3 is 0 Å². The second-order valence-corrected chi connectivity index (χ2v) is 5.75. The van der Waals surface area contributed by atoms with E-state index >= 15 is 0 Å². The molecule has 1 atom stereocenters. The predicted octanol–water partition coefficient (Wildman–Crippen LogP) is 3.65. The lowest BCUT2D eigenvalue weighted by molar-refractivity contribution is 0.402. The molecule has 0 fully saturated rings. The molecule has 0 aliphatic rings. The summed E-state index contributed by atoms with van der Waals surface area (Å²) in [6.07, 6.45) is 0. The van der Waals surface area contributed by atoms with E-state index in [2.05, 4.69) is 28.0 Å². The van der Waals surface area contributed by atoms with Gasteiger partial charge < -0.3 is 4.74 Å². The van der Waals surface area contributed by atoms with Crippen LogP contribution >= 0.6 is 34.2 Å². The third-order valence-corrected chi connectivity index (χ3v) is 4.16. The van der Waals surface area contributed by atoms with Gasteiger partial charge in [0.15, 0.2) is 0 Å². The molecule has 1 unspecified atom stereocenters. The van der Waals surface area contributed by atoms with Crippen LogP contribution in [0.5, 0.6) is 5.75 Å². The second-order valence-electron chi connectivity index (χ2n) is 4.15. The summed E-state index contributed by atoms with van der Waals surface area (Å²) in [7, 11) is 1.53. The third kappa shape index (κ3) is 3.22. The average molecular weight is 407 g/mol. The first-order valence-electron chi connectivity index (χ1n) is 5.81. The summed E-state index contributed by atoms with van der Waals surface area (Å²) in [6.45, 7) is 0. The Hall–Kier alpha value is -0.890. The van der Waals surface area contributed by atoms with Gasteiger partial charge in [-0.1, -0.05) is 11.6 Å². The minimum atomic E-state index is -0.411. The van der Waals surface area contributed by atoms with Gasteiger partial charge in [0, 0.05) is 14.2 Å². The average Bonchev–Trinajstić information content (AvgIpc) is 2.44. The van der Waals surface area contributed by atoms with E-state index in [1.165, 1.54) is 19.2 Å². The van der Waals surface area contributed by atoms with Crippen LogP contribution in [0.3, 0.4) is 0 Å². The van der Waals surface area contributed by atoms with Crippen molar-refractivity contribution in [3.8, 4) is 5.75 Å². The smallest absolute Gasteiger partial charge is 0.124 e. The summed E-state index contributed by atoms with van der Waals surface area (Å²) < 4.78 is 19.8. The molecule has 2 aromatic carbocycles. The van der Waals surface area contributed by atoms with Crippen molar-refractivity contribution in [2.45, 2.75) is 6.04 Å². The van der Waals surface area contributed by atoms with Gasteiger partial charge in [0.25, 0.3) is 0 Å². The van der Waals surface area contributed by atoms with Crippen molar-refractivity contribution in [1.29, 1.82) is 0 Å². The van der Waals surface area contributed by atoms with Gasteiger partial charge in [-0.2, -0.15) is 0 Å². The van der Waals surface area contributed by atoms with Gasteiger partial charge in [-0.25, -0.2) is 9.82 Å². The number of benzene rings is 2. The highest BCUT2D eigenvalue weighted by atomic mass is 127. The molecule has 0 bridgehead atoms. The number of nitrogens with one attached hydrogen (secondary N) is 1. The summed E-state index contributed by atoms with van der Waals surface area (Å²) in [4.78, 5) is 0. The normalized spacial score (nSPS) is 12.2. The lowest BCUT2D eigenvalue weighted by Crippen LogP contribution is -2.29. The van der Waals surface area contributed by atoms with Crippen LogP contribution in [0.25, 0.3) is 0 Å². The van der Waals surface area contributed by atoms with Gasteiger partial charge in [0.1, 0.15) is 11.6 Å². The topological polar surface area (TPSA) is 47.3 Å². The van der Waals surface area contributed by atoms with Crippen LogP contribution in [0.15, 0.2) is 36.4 Å². The third-order valence-electron chi connectivity index (χ3n) is 2.94. The van der Waals surface area contributed by atoms with Gasteiger partial charge in [0.2, 0.25) is 0 Å². The van der Waals surface area contributed by atoms with Crippen LogP contribution < -0.4 is 16.0 Å². The first kappa shape index (κ1) is 15.5. The fourth-order valence-corrected chi connectivity index (χ4v) is 2.84. The quantitative estimate of drug-likeness (QED) is 0.463. The molecular formula is C14H13ClFIN2O. The highest BCUT2D eigenvalue weighted by Gasteiger charge is 2.20. The van der Waals surface area contributed by atoms with Crippen molar-refractivity contribution in [3.05, 3.63) is 61.9 Å². The zero-order valence-corrected chi connectivity index (χ0v) is 13.6. The number of methoxy groups -OCH3 is 1. The zero-order chi connectivity index (χ0) is 14.7. The molecule has 3 N–H and O–H groups in total. The molecule has 2 aromatic rings. The molecular weight excluding hydrogens is 394 g/mol. The van der Waals surface area contributed by atoms with Crippen LogP contribution in [0.2, 0.25) is 5.02 Å². The Labute approximate surface area is 135 Å². The summed E-state index contributed by atoms with van der Waals surface area (Å²) in [5.41, 5.74) is 4.18. The largest absolute Gasteiger partial charge is 0.496 e. The van der Waals surface area contributed by atoms with Crippen LogP contribution in [-0.2, 0) is 0 Å². The summed E-state index contributed by atoms with van der Waals surface area (Å²) in [6, 6.07) is 9.40. The standard InChI is InChI=1S/C14H13ClFIN2O/c1-20-13-5-3-9(16)7-11(13)14(19-18)10-6-8(15)2-4-12(10)17/h2-7,14,19H,18H2,1H3. The summed E-state index contributed by atoms with van der Waals surface area (Å²) >= 11 is 8.22. The van der Waals surface area contributed by atoms with Crippen molar-refractivity contribution in [3.63, 3.8) is 0 Å². The fourth-order valence-electron chi connectivity index (χ4n) is 2.01. The highest BCUT2D eigenvalue weighted by molar-refractivity contribution is 14.1. The monoisotopic (exact) mass is 406 g/mol. The molecule has 3 nitrogen and oxygen atoms in total. The van der Waals surface area contributed by atoms with Crippen molar-refractivity contribution in [1.82, 2.24) is 5.43 Å². The second kappa shape index (κ2) is 6.71. The molecule has 0 saturated heterocycles. The van der Waals surface area contributed by atoms with E-state index in [4.69, 9.17) is 22.2 Å². The van der Waals surface area contributed by atoms with Gasteiger partial charge in [-0.3, -0.25) is 5.84 Å². The van der Waals surface area contributed by atoms with E-state index in [1.807, 2.05) is 6.07 Å². The lowest BCUT2D eigenvalue weighted by atomic mass is 9.98. The lowest BCUT2D eigenvalue weighted by Gasteiger charge is -2.21. The molecule has 0 spiro atoms. The number of rotatable bonds is 4. The van der Waals surface area contributed by atoms with Crippen molar-refractivity contribution in [2.75, 3.05) is 7.11 Å². The first-order valence-corrected chi connectivity index (χ1v) is 7.27. The molecule has 0 radical (unpaired) electrons. The first-order chi connectivity index (χ1) is 9.56. The van der Waals surface area contributed by atoms with Crippen LogP contribution in [0.4, 0.5) is 4.39 Å². The van der Waals surface area contributed by atoms with Gasteiger partial charge in [0.05, 0.1) is 13.2 Å². The van der Waals surface area contributed by atoms with Gasteiger partial charge in [-0.05, 0) is 64.6 Å². The molecule has 20 heavy (non-hydrogen) atoms. The van der Waals surface area contributed by atoms with Crippen LogP contribution in [-0.4, -0.2) is 7.11 Å². The van der Waals surface area contributed by atoms with Crippen molar-refractivity contribution < 1.29 is 9.13 Å². The highest BCUT2D eigenvalue weighted by Crippen LogP contribution is 2.33. The number of nitrogens with two attached hydrogens (primary N) is 1. The fraction of sp³-hybridized carbons (Fsp3) is 0.143. The zero-order valence-electron chi connectivity index (χ0n) is 10.7.